The molecule has 0 aliphatic carbocycles. The third-order valence-electron chi connectivity index (χ3n) is 3.04. The number of ether oxygens (including phenoxy) is 3. The Labute approximate surface area is 122 Å². The highest BCUT2D eigenvalue weighted by Crippen LogP contribution is 2.34. The lowest BCUT2D eigenvalue weighted by Gasteiger charge is -2.11. The van der Waals surface area contributed by atoms with E-state index in [1.54, 1.807) is 24.3 Å². The first-order valence-electron chi connectivity index (χ1n) is 6.20. The predicted molar refractivity (Wildman–Crippen MR) is 76.3 cm³/mol. The molecule has 0 spiro atoms. The van der Waals surface area contributed by atoms with Gasteiger partial charge >= 0.3 is 5.97 Å². The molecule has 0 atom stereocenters. The third kappa shape index (κ3) is 3.13. The van der Waals surface area contributed by atoms with Crippen LogP contribution in [0, 0.1) is 5.82 Å². The quantitative estimate of drug-likeness (QED) is 0.810. The lowest BCUT2D eigenvalue weighted by Crippen LogP contribution is -2.02. The van der Waals surface area contributed by atoms with Crippen LogP contribution in [-0.2, 0) is 4.74 Å². The minimum atomic E-state index is -0.599. The first-order valence-corrected chi connectivity index (χ1v) is 6.20. The number of halogens is 1. The van der Waals surface area contributed by atoms with E-state index in [0.29, 0.717) is 22.6 Å². The van der Waals surface area contributed by atoms with Crippen molar-refractivity contribution >= 4 is 5.97 Å². The van der Waals surface area contributed by atoms with Gasteiger partial charge in [0.1, 0.15) is 17.3 Å². The number of carbonyl (C=O) groups is 1. The Balaban J connectivity index is 2.60. The van der Waals surface area contributed by atoms with Gasteiger partial charge < -0.3 is 14.2 Å². The molecule has 21 heavy (non-hydrogen) atoms. The van der Waals surface area contributed by atoms with E-state index in [0.717, 1.165) is 6.07 Å². The fraction of sp³-hybridized carbons (Fsp3) is 0.188. The predicted octanol–water partition coefficient (Wildman–Crippen LogP) is 3.30. The van der Waals surface area contributed by atoms with Crippen LogP contribution < -0.4 is 9.47 Å². The van der Waals surface area contributed by atoms with Crippen molar-refractivity contribution in [2.45, 2.75) is 0 Å². The zero-order chi connectivity index (χ0) is 15.4. The summed E-state index contributed by atoms with van der Waals surface area (Å²) >= 11 is 0. The zero-order valence-electron chi connectivity index (χ0n) is 12.0. The van der Waals surface area contributed by atoms with E-state index < -0.39 is 11.8 Å². The highest BCUT2D eigenvalue weighted by Gasteiger charge is 2.13. The molecule has 0 bridgehead atoms. The van der Waals surface area contributed by atoms with Gasteiger partial charge in [-0.05, 0) is 42.0 Å². The van der Waals surface area contributed by atoms with Gasteiger partial charge in [0.2, 0.25) is 0 Å². The molecule has 110 valence electrons. The van der Waals surface area contributed by atoms with E-state index in [1.807, 2.05) is 0 Å². The van der Waals surface area contributed by atoms with E-state index >= 15 is 0 Å². The van der Waals surface area contributed by atoms with Crippen LogP contribution in [0.25, 0.3) is 11.1 Å². The van der Waals surface area contributed by atoms with Gasteiger partial charge in [0, 0.05) is 5.56 Å². The van der Waals surface area contributed by atoms with Crippen LogP contribution in [0.2, 0.25) is 0 Å². The van der Waals surface area contributed by atoms with Crippen molar-refractivity contribution in [3.05, 3.63) is 47.8 Å². The monoisotopic (exact) mass is 290 g/mol. The van der Waals surface area contributed by atoms with Crippen molar-refractivity contribution in [1.29, 1.82) is 0 Å². The molecule has 0 saturated carbocycles. The van der Waals surface area contributed by atoms with Gasteiger partial charge in [0.25, 0.3) is 0 Å². The Morgan fingerprint density at radius 1 is 1.00 bits per heavy atom. The van der Waals surface area contributed by atoms with Gasteiger partial charge in [0.15, 0.2) is 0 Å². The minimum absolute atomic E-state index is 0.136. The van der Waals surface area contributed by atoms with Crippen LogP contribution >= 0.6 is 0 Å². The van der Waals surface area contributed by atoms with Crippen LogP contribution in [0.3, 0.4) is 0 Å². The molecule has 0 aromatic heterocycles. The van der Waals surface area contributed by atoms with E-state index in [1.165, 1.54) is 27.4 Å². The van der Waals surface area contributed by atoms with Crippen LogP contribution in [0.15, 0.2) is 36.4 Å². The van der Waals surface area contributed by atoms with Crippen molar-refractivity contribution in [2.75, 3.05) is 21.3 Å². The maximum Gasteiger partial charge on any atom is 0.337 e. The second-order valence-electron chi connectivity index (χ2n) is 4.29. The maximum absolute atomic E-state index is 13.7. The van der Waals surface area contributed by atoms with Gasteiger partial charge in [0.05, 0.1) is 26.9 Å². The van der Waals surface area contributed by atoms with E-state index in [9.17, 15) is 9.18 Å². The highest BCUT2D eigenvalue weighted by atomic mass is 19.1. The summed E-state index contributed by atoms with van der Waals surface area (Å²) in [6, 6.07) is 9.17. The molecule has 0 aliphatic rings. The molecule has 0 aliphatic heterocycles. The molecule has 4 nitrogen and oxygen atoms in total. The molecule has 2 aromatic carbocycles. The van der Waals surface area contributed by atoms with Gasteiger partial charge in [-0.15, -0.1) is 0 Å². The van der Waals surface area contributed by atoms with Crippen molar-refractivity contribution < 1.29 is 23.4 Å². The second-order valence-corrected chi connectivity index (χ2v) is 4.29. The van der Waals surface area contributed by atoms with Crippen molar-refractivity contribution in [1.82, 2.24) is 0 Å². The molecule has 2 rings (SSSR count). The van der Waals surface area contributed by atoms with Gasteiger partial charge in [-0.1, -0.05) is 0 Å². The van der Waals surface area contributed by atoms with Crippen LogP contribution in [-0.4, -0.2) is 27.3 Å². The van der Waals surface area contributed by atoms with Crippen LogP contribution in [0.1, 0.15) is 10.4 Å². The van der Waals surface area contributed by atoms with Crippen LogP contribution in [0.4, 0.5) is 4.39 Å². The van der Waals surface area contributed by atoms with Crippen LogP contribution in [0.5, 0.6) is 11.5 Å². The Morgan fingerprint density at radius 3 is 2.38 bits per heavy atom. The molecule has 0 unspecified atom stereocenters. The summed E-state index contributed by atoms with van der Waals surface area (Å²) in [6.07, 6.45) is 0. The number of carbonyl (C=O) groups excluding carboxylic acids is 1. The average molecular weight is 290 g/mol. The fourth-order valence-electron chi connectivity index (χ4n) is 2.02. The summed E-state index contributed by atoms with van der Waals surface area (Å²) in [4.78, 5) is 11.6. The summed E-state index contributed by atoms with van der Waals surface area (Å²) in [6.45, 7) is 0. The van der Waals surface area contributed by atoms with Gasteiger partial charge in [-0.3, -0.25) is 0 Å². The first kappa shape index (κ1) is 14.8. The first-order chi connectivity index (χ1) is 10.1. The average Bonchev–Trinajstić information content (AvgIpc) is 2.52. The lowest BCUT2D eigenvalue weighted by atomic mass is 10.0. The standard InChI is InChI=1S/C16H15FO4/c1-19-13-4-5-15(20-2)14(9-13)10-6-11(16(18)21-3)8-12(17)7-10/h4-9H,1-3H3. The van der Waals surface area contributed by atoms with Crippen molar-refractivity contribution in [3.63, 3.8) is 0 Å². The summed E-state index contributed by atoms with van der Waals surface area (Å²) in [5.41, 5.74) is 1.27. The van der Waals surface area contributed by atoms with Crippen molar-refractivity contribution in [2.24, 2.45) is 0 Å². The number of esters is 1. The Morgan fingerprint density at radius 2 is 1.76 bits per heavy atom. The summed E-state index contributed by atoms with van der Waals surface area (Å²) in [5.74, 6) is 0.0299. The summed E-state index contributed by atoms with van der Waals surface area (Å²) < 4.78 is 28.8. The second kappa shape index (κ2) is 6.26. The van der Waals surface area contributed by atoms with E-state index in [-0.39, 0.29) is 5.56 Å². The number of methoxy groups -OCH3 is 3. The minimum Gasteiger partial charge on any atom is -0.497 e. The Bertz CT molecular complexity index is 667. The molecule has 0 fully saturated rings. The largest absolute Gasteiger partial charge is 0.497 e. The molecule has 5 heteroatoms. The number of hydrogen-bond acceptors (Lipinski definition) is 4. The van der Waals surface area contributed by atoms with Gasteiger partial charge in [-0.2, -0.15) is 0 Å². The number of hydrogen-bond donors (Lipinski definition) is 0. The topological polar surface area (TPSA) is 44.8 Å². The fourth-order valence-corrected chi connectivity index (χ4v) is 2.02. The molecule has 0 radical (unpaired) electrons. The smallest absolute Gasteiger partial charge is 0.337 e. The number of benzene rings is 2. The molecule has 0 N–H and O–H groups in total. The van der Waals surface area contributed by atoms with Crippen molar-refractivity contribution in [3.8, 4) is 22.6 Å². The third-order valence-corrected chi connectivity index (χ3v) is 3.04. The SMILES string of the molecule is COC(=O)c1cc(F)cc(-c2cc(OC)ccc2OC)c1. The molecule has 0 amide bonds. The zero-order valence-corrected chi connectivity index (χ0v) is 12.0. The number of rotatable bonds is 4. The molecule has 0 heterocycles. The molecule has 0 saturated heterocycles. The molecular formula is C16H15FO4. The normalized spacial score (nSPS) is 10.1. The lowest BCUT2D eigenvalue weighted by molar-refractivity contribution is 0.0600. The highest BCUT2D eigenvalue weighted by molar-refractivity contribution is 5.91. The Hall–Kier alpha value is -2.56. The summed E-state index contributed by atoms with van der Waals surface area (Å²) in [5, 5.41) is 0. The van der Waals surface area contributed by atoms with E-state index in [4.69, 9.17) is 9.47 Å². The van der Waals surface area contributed by atoms with E-state index in [2.05, 4.69) is 4.74 Å². The van der Waals surface area contributed by atoms with Gasteiger partial charge in [-0.25, -0.2) is 9.18 Å². The maximum atomic E-state index is 13.7. The summed E-state index contributed by atoms with van der Waals surface area (Å²) in [7, 11) is 4.31. The Kier molecular flexibility index (Phi) is 4.42. The molecular weight excluding hydrogens is 275 g/mol. The molecule has 2 aromatic rings.